The van der Waals surface area contributed by atoms with E-state index in [1.165, 1.54) is 29.3 Å². The lowest BCUT2D eigenvalue weighted by atomic mass is 9.90. The maximum atomic E-state index is 14.4. The van der Waals surface area contributed by atoms with Crippen molar-refractivity contribution in [3.05, 3.63) is 94.5 Å². The molecule has 2 aliphatic rings. The van der Waals surface area contributed by atoms with E-state index in [-0.39, 0.29) is 10.2 Å². The number of benzene rings is 3. The molecule has 0 aliphatic carbocycles. The van der Waals surface area contributed by atoms with Gasteiger partial charge < -0.3 is 0 Å². The molecule has 2 amide bonds. The Hall–Kier alpha value is -3.10. The molecule has 0 bridgehead atoms. The number of hydrogen-bond acceptors (Lipinski definition) is 4. The molecule has 2 saturated heterocycles. The molecule has 31 heavy (non-hydrogen) atoms. The fourth-order valence-electron chi connectivity index (χ4n) is 4.12. The van der Waals surface area contributed by atoms with Gasteiger partial charge in [0.05, 0.1) is 21.9 Å². The number of rotatable bonds is 3. The van der Waals surface area contributed by atoms with Crippen LogP contribution in [0.5, 0.6) is 0 Å². The number of nitrogens with zero attached hydrogens (tertiary/aromatic N) is 2. The molecule has 2 heterocycles. The summed E-state index contributed by atoms with van der Waals surface area (Å²) in [6.07, 6.45) is -1.12. The summed E-state index contributed by atoms with van der Waals surface area (Å²) >= 11 is 3.18. The highest BCUT2D eigenvalue weighted by molar-refractivity contribution is 9.10. The zero-order valence-corrected chi connectivity index (χ0v) is 17.5. The molecular formula is C23H15BrF2N2O3. The van der Waals surface area contributed by atoms with Gasteiger partial charge in [0, 0.05) is 0 Å². The highest BCUT2D eigenvalue weighted by atomic mass is 79.9. The summed E-state index contributed by atoms with van der Waals surface area (Å²) in [5.74, 6) is -3.25. The number of carbonyl (C=O) groups is 2. The molecule has 0 aromatic heterocycles. The van der Waals surface area contributed by atoms with Gasteiger partial charge in [-0.1, -0.05) is 36.4 Å². The molecule has 2 aliphatic heterocycles. The molecular weight excluding hydrogens is 470 g/mol. The quantitative estimate of drug-likeness (QED) is 0.502. The first-order chi connectivity index (χ1) is 15.0. The molecule has 0 spiro atoms. The normalized spacial score (nSPS) is 22.9. The van der Waals surface area contributed by atoms with E-state index in [1.54, 1.807) is 42.5 Å². The zero-order valence-electron chi connectivity index (χ0n) is 15.9. The van der Waals surface area contributed by atoms with Gasteiger partial charge >= 0.3 is 0 Å². The molecule has 0 N–H and O–H groups in total. The summed E-state index contributed by atoms with van der Waals surface area (Å²) < 4.78 is 28.5. The van der Waals surface area contributed by atoms with E-state index >= 15 is 0 Å². The lowest BCUT2D eigenvalue weighted by molar-refractivity contribution is -0.126. The fourth-order valence-corrected chi connectivity index (χ4v) is 4.52. The topological polar surface area (TPSA) is 49.9 Å². The molecule has 0 radical (unpaired) electrons. The number of amides is 2. The summed E-state index contributed by atoms with van der Waals surface area (Å²) in [6.45, 7) is 0. The Bertz CT molecular complexity index is 1190. The first kappa shape index (κ1) is 19.8. The molecule has 5 nitrogen and oxygen atoms in total. The predicted molar refractivity (Wildman–Crippen MR) is 113 cm³/mol. The Kier molecular flexibility index (Phi) is 4.83. The average molecular weight is 485 g/mol. The average Bonchev–Trinajstić information content (AvgIpc) is 3.28. The van der Waals surface area contributed by atoms with Gasteiger partial charge in [0.25, 0.3) is 5.91 Å². The summed E-state index contributed by atoms with van der Waals surface area (Å²) in [7, 11) is 0. The minimum atomic E-state index is -1.12. The van der Waals surface area contributed by atoms with Gasteiger partial charge in [-0.05, 0) is 57.9 Å². The SMILES string of the molecule is O=C1C2ON(c3ccccc3)C(c3ccc(F)c(Br)c3)C2C(=O)N1c1ccccc1F. The lowest BCUT2D eigenvalue weighted by Crippen LogP contribution is -2.37. The van der Waals surface area contributed by atoms with Crippen LogP contribution in [0.3, 0.4) is 0 Å². The second-order valence-corrected chi connectivity index (χ2v) is 8.15. The van der Waals surface area contributed by atoms with Gasteiger partial charge in [-0.3, -0.25) is 14.4 Å². The molecule has 2 fully saturated rings. The molecule has 3 aromatic rings. The molecule has 3 unspecified atom stereocenters. The van der Waals surface area contributed by atoms with E-state index in [2.05, 4.69) is 15.9 Å². The van der Waals surface area contributed by atoms with Crippen molar-refractivity contribution in [2.75, 3.05) is 9.96 Å². The third-order valence-electron chi connectivity index (χ3n) is 5.50. The number of carbonyl (C=O) groups excluding carboxylic acids is 2. The molecule has 5 rings (SSSR count). The van der Waals surface area contributed by atoms with E-state index in [0.717, 1.165) is 4.90 Å². The summed E-state index contributed by atoms with van der Waals surface area (Å²) in [6, 6.07) is 18.3. The standard InChI is InChI=1S/C23H15BrF2N2O3/c24-15-12-13(10-11-16(15)25)20-19-21(31-28(20)14-6-2-1-3-7-14)23(30)27(22(19)29)18-9-5-4-8-17(18)26/h1-12,19-21H. The number of hydrogen-bond donors (Lipinski definition) is 0. The number of anilines is 2. The third-order valence-corrected chi connectivity index (χ3v) is 6.11. The largest absolute Gasteiger partial charge is 0.273 e. The predicted octanol–water partition coefficient (Wildman–Crippen LogP) is 4.78. The molecule has 3 aromatic carbocycles. The number of imide groups is 1. The van der Waals surface area contributed by atoms with Crippen molar-refractivity contribution in [3.8, 4) is 0 Å². The summed E-state index contributed by atoms with van der Waals surface area (Å²) in [4.78, 5) is 33.4. The van der Waals surface area contributed by atoms with Crippen LogP contribution in [0.4, 0.5) is 20.2 Å². The maximum absolute atomic E-state index is 14.4. The number of halogens is 3. The highest BCUT2D eigenvalue weighted by Gasteiger charge is 2.60. The maximum Gasteiger partial charge on any atom is 0.266 e. The summed E-state index contributed by atoms with van der Waals surface area (Å²) in [5, 5.41) is 1.50. The Morgan fingerprint density at radius 1 is 0.839 bits per heavy atom. The van der Waals surface area contributed by atoms with Gasteiger partial charge in [-0.25, -0.2) is 18.7 Å². The van der Waals surface area contributed by atoms with Crippen molar-refractivity contribution in [3.63, 3.8) is 0 Å². The lowest BCUT2D eigenvalue weighted by Gasteiger charge is -2.29. The zero-order chi connectivity index (χ0) is 21.7. The Balaban J connectivity index is 1.62. The molecule has 8 heteroatoms. The monoisotopic (exact) mass is 484 g/mol. The Morgan fingerprint density at radius 2 is 1.55 bits per heavy atom. The molecule has 156 valence electrons. The van der Waals surface area contributed by atoms with Crippen LogP contribution in [0.2, 0.25) is 0 Å². The number of para-hydroxylation sites is 2. The summed E-state index contributed by atoms with van der Waals surface area (Å²) in [5.41, 5.74) is 1.11. The van der Waals surface area contributed by atoms with Gasteiger partial charge in [0.1, 0.15) is 17.6 Å². The van der Waals surface area contributed by atoms with E-state index in [4.69, 9.17) is 4.84 Å². The minimum absolute atomic E-state index is 0.110. The fraction of sp³-hybridized carbons (Fsp3) is 0.130. The van der Waals surface area contributed by atoms with E-state index in [9.17, 15) is 18.4 Å². The van der Waals surface area contributed by atoms with E-state index in [1.807, 2.05) is 6.07 Å². The minimum Gasteiger partial charge on any atom is -0.273 e. The van der Waals surface area contributed by atoms with Crippen LogP contribution >= 0.6 is 15.9 Å². The van der Waals surface area contributed by atoms with E-state index < -0.39 is 41.5 Å². The van der Waals surface area contributed by atoms with E-state index in [0.29, 0.717) is 11.3 Å². The van der Waals surface area contributed by atoms with Crippen LogP contribution in [0.15, 0.2) is 77.3 Å². The number of hydroxylamine groups is 1. The Morgan fingerprint density at radius 3 is 2.26 bits per heavy atom. The van der Waals surface area contributed by atoms with Crippen molar-refractivity contribution in [2.45, 2.75) is 12.1 Å². The van der Waals surface area contributed by atoms with Crippen molar-refractivity contribution in [1.82, 2.24) is 0 Å². The van der Waals surface area contributed by atoms with Crippen molar-refractivity contribution >= 4 is 39.1 Å². The van der Waals surface area contributed by atoms with Crippen LogP contribution in [0.1, 0.15) is 11.6 Å². The van der Waals surface area contributed by atoms with Crippen LogP contribution in [-0.2, 0) is 14.4 Å². The smallest absolute Gasteiger partial charge is 0.266 e. The van der Waals surface area contributed by atoms with Crippen molar-refractivity contribution < 1.29 is 23.2 Å². The van der Waals surface area contributed by atoms with Crippen molar-refractivity contribution in [1.29, 1.82) is 0 Å². The van der Waals surface area contributed by atoms with Gasteiger partial charge in [-0.15, -0.1) is 0 Å². The molecule has 0 saturated carbocycles. The van der Waals surface area contributed by atoms with Crippen molar-refractivity contribution in [2.24, 2.45) is 5.92 Å². The number of fused-ring (bicyclic) bond motifs is 1. The first-order valence-corrected chi connectivity index (χ1v) is 10.3. The van der Waals surface area contributed by atoms with Gasteiger partial charge in [0.15, 0.2) is 6.10 Å². The molecule has 3 atom stereocenters. The highest BCUT2D eigenvalue weighted by Crippen LogP contribution is 2.48. The van der Waals surface area contributed by atoms with Gasteiger partial charge in [-0.2, -0.15) is 0 Å². The second-order valence-electron chi connectivity index (χ2n) is 7.29. The Labute approximate surface area is 184 Å². The first-order valence-electron chi connectivity index (χ1n) is 9.55. The van der Waals surface area contributed by atoms with Gasteiger partial charge in [0.2, 0.25) is 5.91 Å². The van der Waals surface area contributed by atoms with Crippen LogP contribution < -0.4 is 9.96 Å². The van der Waals surface area contributed by atoms with Crippen LogP contribution in [0.25, 0.3) is 0 Å². The van der Waals surface area contributed by atoms with Crippen LogP contribution in [-0.4, -0.2) is 17.9 Å². The van der Waals surface area contributed by atoms with Crippen LogP contribution in [0, 0.1) is 17.6 Å². The third kappa shape index (κ3) is 3.14. The second kappa shape index (κ2) is 7.55.